The van der Waals surface area contributed by atoms with E-state index in [1.807, 2.05) is 0 Å². The van der Waals surface area contributed by atoms with Gasteiger partial charge in [0.2, 0.25) is 0 Å². The van der Waals surface area contributed by atoms with Crippen molar-refractivity contribution in [1.29, 1.82) is 0 Å². The molecular formula is C6H6F8O8S2. The Bertz CT molecular complexity index is 625. The normalized spacial score (nSPS) is 18.3. The van der Waals surface area contributed by atoms with Crippen molar-refractivity contribution in [2.45, 2.75) is 34.6 Å². The zero-order valence-electron chi connectivity index (χ0n) is 10.4. The average molecular weight is 422 g/mol. The number of hydrogen-bond acceptors (Lipinski definition) is 6. The van der Waals surface area contributed by atoms with Crippen molar-refractivity contribution >= 4 is 20.2 Å². The molecule has 8 nitrogen and oxygen atoms in total. The Morgan fingerprint density at radius 1 is 0.583 bits per heavy atom. The summed E-state index contributed by atoms with van der Waals surface area (Å²) in [5, 5.41) is 16.6. The Balaban J connectivity index is 6.37. The predicted molar refractivity (Wildman–Crippen MR) is 54.9 cm³/mol. The van der Waals surface area contributed by atoms with Crippen molar-refractivity contribution in [1.82, 2.24) is 0 Å². The van der Waals surface area contributed by atoms with E-state index in [2.05, 4.69) is 0 Å². The molecule has 0 aliphatic rings. The lowest BCUT2D eigenvalue weighted by Crippen LogP contribution is -2.69. The second kappa shape index (κ2) is 5.87. The van der Waals surface area contributed by atoms with Gasteiger partial charge in [-0.1, -0.05) is 0 Å². The van der Waals surface area contributed by atoms with E-state index in [9.17, 15) is 52.0 Å². The van der Waals surface area contributed by atoms with E-state index in [-0.39, 0.29) is 0 Å². The first kappa shape index (κ1) is 23.2. The Kier molecular flexibility index (Phi) is 5.67. The number of hydrogen-bond donors (Lipinski definition) is 4. The van der Waals surface area contributed by atoms with Crippen LogP contribution in [-0.2, 0) is 20.2 Å². The smallest absolute Gasteiger partial charge is 0.370 e. The molecule has 0 aromatic carbocycles. The molecule has 0 unspecified atom stereocenters. The zero-order valence-corrected chi connectivity index (χ0v) is 12.0. The minimum Gasteiger partial charge on any atom is -0.370 e. The van der Waals surface area contributed by atoms with E-state index >= 15 is 0 Å². The molecule has 0 radical (unpaired) electrons. The fourth-order valence-corrected chi connectivity index (χ4v) is 2.15. The summed E-state index contributed by atoms with van der Waals surface area (Å²) >= 11 is 0. The van der Waals surface area contributed by atoms with Crippen LogP contribution in [0.25, 0.3) is 0 Å². The summed E-state index contributed by atoms with van der Waals surface area (Å²) in [6.07, 6.45) is 0. The summed E-state index contributed by atoms with van der Waals surface area (Å²) in [6, 6.07) is 0. The molecule has 0 rings (SSSR count). The van der Waals surface area contributed by atoms with Gasteiger partial charge >= 0.3 is 23.7 Å². The van der Waals surface area contributed by atoms with Crippen LogP contribution in [0.1, 0.15) is 0 Å². The second-order valence-corrected chi connectivity index (χ2v) is 7.08. The van der Waals surface area contributed by atoms with Crippen LogP contribution in [0.5, 0.6) is 0 Å². The van der Waals surface area contributed by atoms with Gasteiger partial charge in [0.1, 0.15) is 0 Å². The Morgan fingerprint density at radius 2 is 0.750 bits per heavy atom. The van der Waals surface area contributed by atoms with E-state index in [1.54, 1.807) is 0 Å². The third kappa shape index (κ3) is 3.43. The lowest BCUT2D eigenvalue weighted by molar-refractivity contribution is -0.380. The van der Waals surface area contributed by atoms with Gasteiger partial charge in [-0.15, -0.1) is 0 Å². The standard InChI is InChI=1S/C6H6F8O8S2/c7-3(8,1(15)23(17,18)19)5(11,12)6(13,14)4(9,10)2(16)24(20,21)22/h1-2,15-16H,(H,17,18,19)(H,20,21,22)/t1-,2-/m1/s1. The third-order valence-corrected chi connectivity index (χ3v) is 4.14. The number of aliphatic hydroxyl groups is 2. The summed E-state index contributed by atoms with van der Waals surface area (Å²) in [4.78, 5) is 0. The van der Waals surface area contributed by atoms with Gasteiger partial charge in [-0.05, 0) is 0 Å². The van der Waals surface area contributed by atoms with Crippen molar-refractivity contribution in [2.24, 2.45) is 0 Å². The van der Waals surface area contributed by atoms with Crippen LogP contribution in [-0.4, -0.2) is 70.7 Å². The van der Waals surface area contributed by atoms with Gasteiger partial charge < -0.3 is 10.2 Å². The highest BCUT2D eigenvalue weighted by atomic mass is 32.2. The summed E-state index contributed by atoms with van der Waals surface area (Å²) < 4.78 is 161. The van der Waals surface area contributed by atoms with E-state index < -0.39 is 54.8 Å². The molecule has 2 atom stereocenters. The van der Waals surface area contributed by atoms with Crippen molar-refractivity contribution in [3.05, 3.63) is 0 Å². The molecule has 146 valence electrons. The monoisotopic (exact) mass is 422 g/mol. The molecule has 0 aromatic rings. The topological polar surface area (TPSA) is 149 Å². The maximum Gasteiger partial charge on any atom is 0.382 e. The molecule has 18 heteroatoms. The van der Waals surface area contributed by atoms with Crippen molar-refractivity contribution in [3.8, 4) is 0 Å². The van der Waals surface area contributed by atoms with Gasteiger partial charge in [-0.3, -0.25) is 9.11 Å². The maximum atomic E-state index is 13.1. The van der Waals surface area contributed by atoms with Gasteiger partial charge in [-0.25, -0.2) is 0 Å². The van der Waals surface area contributed by atoms with Gasteiger partial charge in [-0.2, -0.15) is 52.0 Å². The third-order valence-electron chi connectivity index (χ3n) is 2.42. The number of alkyl halides is 8. The fourth-order valence-electron chi connectivity index (χ4n) is 1.10. The van der Waals surface area contributed by atoms with Crippen LogP contribution in [0.4, 0.5) is 35.1 Å². The Hall–Kier alpha value is -0.820. The fraction of sp³-hybridized carbons (Fsp3) is 1.00. The van der Waals surface area contributed by atoms with E-state index in [0.717, 1.165) is 0 Å². The zero-order chi connectivity index (χ0) is 20.2. The van der Waals surface area contributed by atoms with Crippen LogP contribution < -0.4 is 0 Å². The van der Waals surface area contributed by atoms with Crippen molar-refractivity contribution in [3.63, 3.8) is 0 Å². The molecule has 0 aliphatic carbocycles. The second-order valence-electron chi connectivity index (χ2n) is 4.13. The number of aliphatic hydroxyl groups excluding tert-OH is 2. The highest BCUT2D eigenvalue weighted by Gasteiger charge is 2.85. The highest BCUT2D eigenvalue weighted by molar-refractivity contribution is 7.86. The Morgan fingerprint density at radius 3 is 0.875 bits per heavy atom. The van der Waals surface area contributed by atoms with E-state index in [4.69, 9.17) is 19.3 Å². The average Bonchev–Trinajstić information content (AvgIpc) is 2.33. The molecule has 0 aromatic heterocycles. The molecule has 0 amide bonds. The predicted octanol–water partition coefficient (Wildman–Crippen LogP) is -0.0600. The largest absolute Gasteiger partial charge is 0.382 e. The maximum absolute atomic E-state index is 13.1. The van der Waals surface area contributed by atoms with Crippen LogP contribution >= 0.6 is 0 Å². The molecular weight excluding hydrogens is 416 g/mol. The van der Waals surface area contributed by atoms with Crippen LogP contribution in [0.3, 0.4) is 0 Å². The van der Waals surface area contributed by atoms with Crippen molar-refractivity contribution in [2.75, 3.05) is 0 Å². The van der Waals surface area contributed by atoms with Gasteiger partial charge in [0.05, 0.1) is 0 Å². The quantitative estimate of drug-likeness (QED) is 0.329. The van der Waals surface area contributed by atoms with Gasteiger partial charge in [0, 0.05) is 0 Å². The van der Waals surface area contributed by atoms with Gasteiger partial charge in [0.15, 0.2) is 0 Å². The van der Waals surface area contributed by atoms with Gasteiger partial charge in [0.25, 0.3) is 31.1 Å². The van der Waals surface area contributed by atoms with Crippen LogP contribution in [0.15, 0.2) is 0 Å². The van der Waals surface area contributed by atoms with Crippen molar-refractivity contribution < 1.29 is 71.3 Å². The van der Waals surface area contributed by atoms with Crippen LogP contribution in [0.2, 0.25) is 0 Å². The van der Waals surface area contributed by atoms with E-state index in [0.29, 0.717) is 0 Å². The van der Waals surface area contributed by atoms with E-state index in [1.165, 1.54) is 0 Å². The Labute approximate surface area is 127 Å². The number of halogens is 8. The van der Waals surface area contributed by atoms with Crippen LogP contribution in [0, 0.1) is 0 Å². The molecule has 0 saturated heterocycles. The SMILES string of the molecule is O=S(=O)(O)[C@@H](O)C(F)(F)C(F)(F)C(F)(F)C(F)(F)[C@H](O)S(=O)(=O)O. The number of rotatable bonds is 7. The minimum atomic E-state index is -7.54. The molecule has 0 spiro atoms. The molecule has 0 fully saturated rings. The molecule has 0 saturated carbocycles. The highest BCUT2D eigenvalue weighted by Crippen LogP contribution is 2.55. The molecule has 0 heterocycles. The lowest BCUT2D eigenvalue weighted by atomic mass is 9.99. The summed E-state index contributed by atoms with van der Waals surface area (Å²) in [6.45, 7) is 0. The summed E-state index contributed by atoms with van der Waals surface area (Å²) in [5.74, 6) is -29.1. The summed E-state index contributed by atoms with van der Waals surface area (Å²) in [5.41, 5.74) is -10.0. The first-order valence-corrected chi connectivity index (χ1v) is 7.87. The minimum absolute atomic E-state index is 5.02. The molecule has 4 N–H and O–H groups in total. The molecule has 24 heavy (non-hydrogen) atoms. The molecule has 0 bridgehead atoms. The lowest BCUT2D eigenvalue weighted by Gasteiger charge is -2.38. The summed E-state index contributed by atoms with van der Waals surface area (Å²) in [7, 11) is -13.2. The first-order valence-electron chi connectivity index (χ1n) is 4.86. The first-order chi connectivity index (χ1) is 10.1. The molecule has 0 aliphatic heterocycles.